The van der Waals surface area contributed by atoms with E-state index in [0.717, 1.165) is 16.7 Å². The van der Waals surface area contributed by atoms with E-state index in [2.05, 4.69) is 11.3 Å². The van der Waals surface area contributed by atoms with Crippen molar-refractivity contribution >= 4 is 19.9 Å². The summed E-state index contributed by atoms with van der Waals surface area (Å²) in [6.07, 6.45) is 1.78. The molecule has 186 valence electrons. The van der Waals surface area contributed by atoms with Crippen LogP contribution in [0.15, 0.2) is 95.2 Å². The van der Waals surface area contributed by atoms with Crippen molar-refractivity contribution < 1.29 is 21.6 Å². The molecule has 0 amide bonds. The van der Waals surface area contributed by atoms with E-state index in [1.54, 1.807) is 55.6 Å². The van der Waals surface area contributed by atoms with E-state index in [0.29, 0.717) is 5.75 Å². The Morgan fingerprint density at radius 3 is 1.83 bits per heavy atom. The molecule has 3 aromatic carbocycles. The van der Waals surface area contributed by atoms with Gasteiger partial charge in [0.15, 0.2) is 9.84 Å². The van der Waals surface area contributed by atoms with Crippen molar-refractivity contribution in [2.75, 3.05) is 12.9 Å². The van der Waals surface area contributed by atoms with Gasteiger partial charge in [0, 0.05) is 12.0 Å². The molecule has 0 aliphatic heterocycles. The molecule has 0 aromatic heterocycles. The summed E-state index contributed by atoms with van der Waals surface area (Å²) in [6, 6.07) is 19.6. The van der Waals surface area contributed by atoms with Crippen LogP contribution in [0.3, 0.4) is 0 Å². The molecule has 8 heteroatoms. The molecule has 0 saturated heterocycles. The highest BCUT2D eigenvalue weighted by Crippen LogP contribution is 2.23. The van der Waals surface area contributed by atoms with Crippen molar-refractivity contribution in [1.82, 2.24) is 4.72 Å². The average Bonchev–Trinajstić information content (AvgIpc) is 2.83. The Labute approximate surface area is 208 Å². The van der Waals surface area contributed by atoms with E-state index >= 15 is 0 Å². The molecule has 3 aromatic rings. The van der Waals surface area contributed by atoms with Gasteiger partial charge in [0.2, 0.25) is 10.0 Å². The number of hydrogen-bond acceptors (Lipinski definition) is 5. The highest BCUT2D eigenvalue weighted by Gasteiger charge is 2.30. The zero-order valence-corrected chi connectivity index (χ0v) is 21.8. The number of ether oxygens (including phenoxy) is 1. The molecule has 0 bridgehead atoms. The molecular formula is C27H31NO5S2. The summed E-state index contributed by atoms with van der Waals surface area (Å²) in [5, 5.41) is 0. The number of rotatable bonds is 11. The first-order valence-electron chi connectivity index (χ1n) is 11.2. The van der Waals surface area contributed by atoms with Gasteiger partial charge in [-0.1, -0.05) is 53.6 Å². The van der Waals surface area contributed by atoms with Crippen LogP contribution in [0, 0.1) is 19.8 Å². The van der Waals surface area contributed by atoms with Gasteiger partial charge < -0.3 is 4.74 Å². The maximum absolute atomic E-state index is 13.2. The maximum atomic E-state index is 13.2. The van der Waals surface area contributed by atoms with Crippen LogP contribution in [0.4, 0.5) is 0 Å². The Balaban J connectivity index is 1.94. The molecule has 0 unspecified atom stereocenters. The Hall–Kier alpha value is -2.94. The first-order valence-corrected chi connectivity index (χ1v) is 14.3. The zero-order chi connectivity index (χ0) is 25.6. The Bertz CT molecular complexity index is 1350. The summed E-state index contributed by atoms with van der Waals surface area (Å²) < 4.78 is 60.8. The predicted octanol–water partition coefficient (Wildman–Crippen LogP) is 4.48. The van der Waals surface area contributed by atoms with Gasteiger partial charge in [0.25, 0.3) is 0 Å². The van der Waals surface area contributed by atoms with Crippen molar-refractivity contribution in [3.05, 3.63) is 102 Å². The average molecular weight is 514 g/mol. The van der Waals surface area contributed by atoms with E-state index in [4.69, 9.17) is 4.74 Å². The minimum atomic E-state index is -3.91. The molecule has 0 radical (unpaired) electrons. The third-order valence-corrected chi connectivity index (χ3v) is 9.18. The lowest BCUT2D eigenvalue weighted by Gasteiger charge is -2.26. The topological polar surface area (TPSA) is 89.5 Å². The van der Waals surface area contributed by atoms with Gasteiger partial charge in [-0.3, -0.25) is 0 Å². The fourth-order valence-corrected chi connectivity index (χ4v) is 6.63. The number of sulfone groups is 1. The molecule has 2 atom stereocenters. The number of aryl methyl sites for hydroxylation is 2. The van der Waals surface area contributed by atoms with Gasteiger partial charge in [-0.05, 0) is 62.2 Å². The molecule has 0 heterocycles. The van der Waals surface area contributed by atoms with Gasteiger partial charge in [-0.15, -0.1) is 6.58 Å². The van der Waals surface area contributed by atoms with Crippen LogP contribution in [0.2, 0.25) is 0 Å². The lowest BCUT2D eigenvalue weighted by Crippen LogP contribution is -2.43. The van der Waals surface area contributed by atoms with Crippen LogP contribution in [-0.4, -0.2) is 35.7 Å². The molecule has 35 heavy (non-hydrogen) atoms. The Morgan fingerprint density at radius 1 is 0.829 bits per heavy atom. The predicted molar refractivity (Wildman–Crippen MR) is 139 cm³/mol. The smallest absolute Gasteiger partial charge is 0.240 e. The van der Waals surface area contributed by atoms with Gasteiger partial charge in [0.1, 0.15) is 5.75 Å². The second kappa shape index (κ2) is 11.2. The molecule has 6 nitrogen and oxygen atoms in total. The summed E-state index contributed by atoms with van der Waals surface area (Å²) in [4.78, 5) is 0.312. The lowest BCUT2D eigenvalue weighted by atomic mass is 9.96. The van der Waals surface area contributed by atoms with Crippen LogP contribution in [0.1, 0.15) is 16.7 Å². The summed E-state index contributed by atoms with van der Waals surface area (Å²) in [6.45, 7) is 7.60. The molecule has 0 aliphatic carbocycles. The first kappa shape index (κ1) is 26.7. The lowest BCUT2D eigenvalue weighted by molar-refractivity contribution is 0.414. The molecule has 0 fully saturated rings. The first-order chi connectivity index (χ1) is 16.5. The van der Waals surface area contributed by atoms with E-state index in [9.17, 15) is 16.8 Å². The second-order valence-corrected chi connectivity index (χ2v) is 12.3. The third-order valence-electron chi connectivity index (χ3n) is 5.86. The van der Waals surface area contributed by atoms with Gasteiger partial charge in [0.05, 0.1) is 22.7 Å². The molecule has 3 rings (SSSR count). The standard InChI is InChI=1S/C27H31NO5S2/c1-5-23(19-34(29,30)25-14-6-20(2)7-15-25)27(18-22-10-12-24(33-4)13-11-22)28-35(31,32)26-16-8-21(3)9-17-26/h5-17,23,27-28H,1,18-19H2,2-4H3/t23-,27-/m1/s1. The van der Waals surface area contributed by atoms with Gasteiger partial charge in [-0.2, -0.15) is 0 Å². The maximum Gasteiger partial charge on any atom is 0.240 e. The quantitative estimate of drug-likeness (QED) is 0.382. The van der Waals surface area contributed by atoms with E-state index in [1.807, 2.05) is 26.0 Å². The van der Waals surface area contributed by atoms with Crippen molar-refractivity contribution in [2.24, 2.45) is 5.92 Å². The van der Waals surface area contributed by atoms with E-state index < -0.39 is 31.8 Å². The monoisotopic (exact) mass is 513 g/mol. The molecule has 0 saturated carbocycles. The van der Waals surface area contributed by atoms with Gasteiger partial charge >= 0.3 is 0 Å². The summed E-state index contributed by atoms with van der Waals surface area (Å²) in [5.41, 5.74) is 2.72. The SMILES string of the molecule is C=C[C@H](CS(=O)(=O)c1ccc(C)cc1)[C@@H](Cc1ccc(OC)cc1)NS(=O)(=O)c1ccc(C)cc1. The van der Waals surface area contributed by atoms with Crippen molar-refractivity contribution in [2.45, 2.75) is 36.1 Å². The van der Waals surface area contributed by atoms with Crippen molar-refractivity contribution in [3.8, 4) is 5.75 Å². The Morgan fingerprint density at radius 2 is 1.34 bits per heavy atom. The summed E-state index contributed by atoms with van der Waals surface area (Å²) >= 11 is 0. The molecule has 0 spiro atoms. The molecule has 1 N–H and O–H groups in total. The largest absolute Gasteiger partial charge is 0.497 e. The van der Waals surface area contributed by atoms with Gasteiger partial charge in [-0.25, -0.2) is 21.6 Å². The summed E-state index contributed by atoms with van der Waals surface area (Å²) in [5.74, 6) is -0.284. The van der Waals surface area contributed by atoms with E-state index in [-0.39, 0.29) is 22.0 Å². The fourth-order valence-electron chi connectivity index (χ4n) is 3.72. The zero-order valence-electron chi connectivity index (χ0n) is 20.1. The number of hydrogen-bond donors (Lipinski definition) is 1. The highest BCUT2D eigenvalue weighted by molar-refractivity contribution is 7.91. The minimum Gasteiger partial charge on any atom is -0.497 e. The number of nitrogens with one attached hydrogen (secondary N) is 1. The third kappa shape index (κ3) is 7.04. The van der Waals surface area contributed by atoms with Crippen LogP contribution in [0.25, 0.3) is 0 Å². The fraction of sp³-hybridized carbons (Fsp3) is 0.259. The van der Waals surface area contributed by atoms with Crippen LogP contribution in [-0.2, 0) is 26.3 Å². The van der Waals surface area contributed by atoms with Crippen LogP contribution in [0.5, 0.6) is 5.75 Å². The normalized spacial score (nSPS) is 13.7. The van der Waals surface area contributed by atoms with Crippen molar-refractivity contribution in [3.63, 3.8) is 0 Å². The second-order valence-electron chi connectivity index (χ2n) is 8.59. The van der Waals surface area contributed by atoms with Crippen molar-refractivity contribution in [1.29, 1.82) is 0 Å². The number of benzene rings is 3. The van der Waals surface area contributed by atoms with Crippen LogP contribution < -0.4 is 9.46 Å². The molecular weight excluding hydrogens is 482 g/mol. The minimum absolute atomic E-state index is 0.118. The number of sulfonamides is 1. The van der Waals surface area contributed by atoms with E-state index in [1.165, 1.54) is 18.2 Å². The summed E-state index contributed by atoms with van der Waals surface area (Å²) in [7, 11) is -6.03. The number of methoxy groups -OCH3 is 1. The highest BCUT2D eigenvalue weighted by atomic mass is 32.2. The van der Waals surface area contributed by atoms with Crippen LogP contribution >= 0.6 is 0 Å². The molecule has 0 aliphatic rings. The Kier molecular flexibility index (Phi) is 8.53.